The number of rotatable bonds is 4. The van der Waals surface area contributed by atoms with Gasteiger partial charge in [-0.2, -0.15) is 0 Å². The summed E-state index contributed by atoms with van der Waals surface area (Å²) in [6.45, 7) is 0.874. The first-order chi connectivity index (χ1) is 6.27. The Morgan fingerprint density at radius 2 is 2.46 bits per heavy atom. The fourth-order valence-corrected chi connectivity index (χ4v) is 1.43. The maximum Gasteiger partial charge on any atom is 0.0503 e. The highest BCUT2D eigenvalue weighted by atomic mass is 16.5. The van der Waals surface area contributed by atoms with E-state index in [9.17, 15) is 0 Å². The van der Waals surface area contributed by atoms with Crippen molar-refractivity contribution in [1.29, 1.82) is 0 Å². The van der Waals surface area contributed by atoms with E-state index >= 15 is 0 Å². The Hall–Kier alpha value is -0.800. The molecule has 13 heavy (non-hydrogen) atoms. The summed E-state index contributed by atoms with van der Waals surface area (Å²) in [4.78, 5) is 0. The summed E-state index contributed by atoms with van der Waals surface area (Å²) in [7, 11) is 1.67. The number of hydrogen-bond acceptors (Lipinski definition) is 3. The predicted molar refractivity (Wildman–Crippen MR) is 52.0 cm³/mol. The van der Waals surface area contributed by atoms with Crippen LogP contribution in [0.1, 0.15) is 12.8 Å². The smallest absolute Gasteiger partial charge is 0.0503 e. The highest BCUT2D eigenvalue weighted by Gasteiger charge is 2.12. The molecule has 0 saturated heterocycles. The van der Waals surface area contributed by atoms with Crippen molar-refractivity contribution in [3.8, 4) is 0 Å². The molecule has 0 radical (unpaired) electrons. The maximum absolute atomic E-state index is 8.97. The van der Waals surface area contributed by atoms with Crippen molar-refractivity contribution in [3.63, 3.8) is 0 Å². The van der Waals surface area contributed by atoms with Crippen LogP contribution in [0.3, 0.4) is 0 Å². The van der Waals surface area contributed by atoms with E-state index in [4.69, 9.17) is 15.6 Å². The number of hydrogen-bond donors (Lipinski definition) is 2. The van der Waals surface area contributed by atoms with Gasteiger partial charge in [-0.3, -0.25) is 0 Å². The molecule has 0 fully saturated rings. The Morgan fingerprint density at radius 3 is 3.08 bits per heavy atom. The molecule has 0 amide bonds. The van der Waals surface area contributed by atoms with Gasteiger partial charge in [-0.15, -0.1) is 0 Å². The first-order valence-corrected chi connectivity index (χ1v) is 4.54. The quantitative estimate of drug-likeness (QED) is 0.678. The van der Waals surface area contributed by atoms with Crippen molar-refractivity contribution < 1.29 is 9.84 Å². The second kappa shape index (κ2) is 5.04. The molecule has 1 aliphatic carbocycles. The van der Waals surface area contributed by atoms with Gasteiger partial charge in [0.1, 0.15) is 0 Å². The number of aliphatic hydroxyl groups excluding tert-OH is 1. The van der Waals surface area contributed by atoms with Gasteiger partial charge in [0.2, 0.25) is 0 Å². The summed E-state index contributed by atoms with van der Waals surface area (Å²) in [5.74, 6) is 0.235. The monoisotopic (exact) mass is 183 g/mol. The van der Waals surface area contributed by atoms with E-state index in [1.54, 1.807) is 7.11 Å². The summed E-state index contributed by atoms with van der Waals surface area (Å²) >= 11 is 0. The Balaban J connectivity index is 2.56. The third kappa shape index (κ3) is 2.86. The summed E-state index contributed by atoms with van der Waals surface area (Å²) in [5.41, 5.74) is 7.73. The van der Waals surface area contributed by atoms with Crippen LogP contribution in [0.5, 0.6) is 0 Å². The normalized spacial score (nSPS) is 22.5. The van der Waals surface area contributed by atoms with E-state index in [0.29, 0.717) is 6.61 Å². The van der Waals surface area contributed by atoms with Crippen molar-refractivity contribution in [2.24, 2.45) is 11.7 Å². The summed E-state index contributed by atoms with van der Waals surface area (Å²) in [5, 5.41) is 8.97. The van der Waals surface area contributed by atoms with Gasteiger partial charge in [0, 0.05) is 25.3 Å². The molecule has 1 atom stereocenters. The summed E-state index contributed by atoms with van der Waals surface area (Å²) in [6.07, 6.45) is 5.70. The van der Waals surface area contributed by atoms with E-state index in [1.165, 1.54) is 0 Å². The minimum atomic E-state index is 0.195. The molecule has 3 heteroatoms. The number of ether oxygens (including phenoxy) is 1. The van der Waals surface area contributed by atoms with Gasteiger partial charge in [-0.05, 0) is 18.4 Å². The maximum atomic E-state index is 8.97. The van der Waals surface area contributed by atoms with Crippen LogP contribution in [0.15, 0.2) is 23.4 Å². The lowest BCUT2D eigenvalue weighted by Crippen LogP contribution is -2.13. The molecule has 0 spiro atoms. The summed E-state index contributed by atoms with van der Waals surface area (Å²) in [6, 6.07) is 0. The Labute approximate surface area is 78.9 Å². The molecule has 3 nitrogen and oxygen atoms in total. The van der Waals surface area contributed by atoms with E-state index < -0.39 is 0 Å². The first kappa shape index (κ1) is 10.3. The van der Waals surface area contributed by atoms with Gasteiger partial charge >= 0.3 is 0 Å². The lowest BCUT2D eigenvalue weighted by atomic mass is 9.93. The molecule has 0 aromatic rings. The van der Waals surface area contributed by atoms with Crippen LogP contribution in [0.4, 0.5) is 0 Å². The van der Waals surface area contributed by atoms with E-state index in [-0.39, 0.29) is 12.5 Å². The van der Waals surface area contributed by atoms with Crippen molar-refractivity contribution >= 4 is 0 Å². The van der Waals surface area contributed by atoms with Gasteiger partial charge in [0.05, 0.1) is 6.61 Å². The van der Waals surface area contributed by atoms with Crippen LogP contribution >= 0.6 is 0 Å². The third-order valence-electron chi connectivity index (χ3n) is 2.26. The predicted octanol–water partition coefficient (Wildman–Crippen LogP) is 0.804. The molecule has 0 saturated carbocycles. The van der Waals surface area contributed by atoms with Crippen LogP contribution in [0.25, 0.3) is 0 Å². The van der Waals surface area contributed by atoms with Crippen molar-refractivity contribution in [1.82, 2.24) is 0 Å². The zero-order valence-corrected chi connectivity index (χ0v) is 7.99. The molecular formula is C10H17NO2. The number of methoxy groups -OCH3 is 1. The Morgan fingerprint density at radius 1 is 1.69 bits per heavy atom. The summed E-state index contributed by atoms with van der Waals surface area (Å²) < 4.78 is 4.98. The lowest BCUT2D eigenvalue weighted by Gasteiger charge is -2.17. The topological polar surface area (TPSA) is 55.5 Å². The lowest BCUT2D eigenvalue weighted by molar-refractivity contribution is 0.201. The molecule has 74 valence electrons. The molecule has 1 rings (SSSR count). The number of nitrogens with two attached hydrogens (primary N) is 1. The van der Waals surface area contributed by atoms with E-state index in [1.807, 2.05) is 12.2 Å². The number of allylic oxidation sites excluding steroid dienone is 2. The SMILES string of the molecule is COCCC1=CC(CO)CC=C1N. The average Bonchev–Trinajstić information content (AvgIpc) is 2.17. The second-order valence-electron chi connectivity index (χ2n) is 3.27. The number of aliphatic hydroxyl groups is 1. The largest absolute Gasteiger partial charge is 0.399 e. The van der Waals surface area contributed by atoms with Crippen LogP contribution in [0.2, 0.25) is 0 Å². The molecule has 0 aromatic heterocycles. The molecule has 0 aliphatic heterocycles. The van der Waals surface area contributed by atoms with Crippen LogP contribution in [0, 0.1) is 5.92 Å². The molecule has 0 heterocycles. The minimum absolute atomic E-state index is 0.195. The van der Waals surface area contributed by atoms with Crippen LogP contribution < -0.4 is 5.73 Å². The van der Waals surface area contributed by atoms with Crippen LogP contribution in [-0.4, -0.2) is 25.4 Å². The van der Waals surface area contributed by atoms with E-state index in [0.717, 1.165) is 24.1 Å². The molecule has 0 aromatic carbocycles. The zero-order chi connectivity index (χ0) is 9.68. The van der Waals surface area contributed by atoms with Crippen molar-refractivity contribution in [2.45, 2.75) is 12.8 Å². The van der Waals surface area contributed by atoms with Gasteiger partial charge in [0.15, 0.2) is 0 Å². The molecular weight excluding hydrogens is 166 g/mol. The van der Waals surface area contributed by atoms with Crippen molar-refractivity contribution in [3.05, 3.63) is 23.4 Å². The molecule has 1 aliphatic rings. The van der Waals surface area contributed by atoms with Gasteiger partial charge in [0.25, 0.3) is 0 Å². The second-order valence-corrected chi connectivity index (χ2v) is 3.27. The van der Waals surface area contributed by atoms with E-state index in [2.05, 4.69) is 0 Å². The zero-order valence-electron chi connectivity index (χ0n) is 7.99. The van der Waals surface area contributed by atoms with Crippen molar-refractivity contribution in [2.75, 3.05) is 20.3 Å². The van der Waals surface area contributed by atoms with Crippen LogP contribution in [-0.2, 0) is 4.74 Å². The third-order valence-corrected chi connectivity index (χ3v) is 2.26. The fraction of sp³-hybridized carbons (Fsp3) is 0.600. The Bertz CT molecular complexity index is 221. The fourth-order valence-electron chi connectivity index (χ4n) is 1.43. The van der Waals surface area contributed by atoms with Gasteiger partial charge < -0.3 is 15.6 Å². The highest BCUT2D eigenvalue weighted by molar-refractivity contribution is 5.32. The van der Waals surface area contributed by atoms with Gasteiger partial charge in [-0.25, -0.2) is 0 Å². The van der Waals surface area contributed by atoms with Gasteiger partial charge in [-0.1, -0.05) is 12.2 Å². The standard InChI is InChI=1S/C10H17NO2/c1-13-5-4-9-6-8(7-12)2-3-10(9)11/h3,6,8,12H,2,4-5,7,11H2,1H3. The Kier molecular flexibility index (Phi) is 3.99. The highest BCUT2D eigenvalue weighted by Crippen LogP contribution is 2.21. The molecule has 0 bridgehead atoms. The first-order valence-electron chi connectivity index (χ1n) is 4.54. The molecule has 3 N–H and O–H groups in total. The average molecular weight is 183 g/mol. The molecule has 1 unspecified atom stereocenters. The minimum Gasteiger partial charge on any atom is -0.399 e.